The van der Waals surface area contributed by atoms with E-state index in [-0.39, 0.29) is 11.7 Å². The monoisotopic (exact) mass is 305 g/mol. The van der Waals surface area contributed by atoms with E-state index < -0.39 is 0 Å². The summed E-state index contributed by atoms with van der Waals surface area (Å²) in [6.07, 6.45) is 7.07. The number of hydrogen-bond acceptors (Lipinski definition) is 3. The Morgan fingerprint density at radius 3 is 2.91 bits per heavy atom. The molecular weight excluding hydrogens is 290 g/mol. The van der Waals surface area contributed by atoms with Gasteiger partial charge < -0.3 is 10.1 Å². The highest BCUT2D eigenvalue weighted by Gasteiger charge is 2.03. The van der Waals surface area contributed by atoms with Gasteiger partial charge in [0.2, 0.25) is 0 Å². The van der Waals surface area contributed by atoms with Crippen LogP contribution in [0, 0.1) is 0 Å². The fourth-order valence-corrected chi connectivity index (χ4v) is 2.23. The fourth-order valence-electron chi connectivity index (χ4n) is 2.23. The molecule has 0 spiro atoms. The SMILES string of the molecule is O=C(NN=CC=Cc1c[nH]c2ccccc12)c1cccc(O)c1. The Balaban J connectivity index is 1.62. The van der Waals surface area contributed by atoms with Gasteiger partial charge in [-0.2, -0.15) is 5.10 Å². The Hall–Kier alpha value is -3.34. The maximum atomic E-state index is 11.8. The molecule has 0 atom stereocenters. The number of rotatable bonds is 4. The molecular formula is C18H15N3O2. The number of para-hydroxylation sites is 1. The van der Waals surface area contributed by atoms with Crippen molar-refractivity contribution in [3.8, 4) is 5.75 Å². The van der Waals surface area contributed by atoms with Gasteiger partial charge >= 0.3 is 0 Å². The summed E-state index contributed by atoms with van der Waals surface area (Å²) in [7, 11) is 0. The zero-order valence-electron chi connectivity index (χ0n) is 12.2. The molecule has 0 bridgehead atoms. The molecule has 0 aliphatic heterocycles. The van der Waals surface area contributed by atoms with Crippen LogP contribution in [0.1, 0.15) is 15.9 Å². The van der Waals surface area contributed by atoms with Crippen molar-refractivity contribution in [1.29, 1.82) is 0 Å². The molecule has 0 fully saturated rings. The minimum Gasteiger partial charge on any atom is -0.508 e. The number of fused-ring (bicyclic) bond motifs is 1. The van der Waals surface area contributed by atoms with E-state index in [4.69, 9.17) is 0 Å². The number of hydrogen-bond donors (Lipinski definition) is 3. The van der Waals surface area contributed by atoms with Crippen LogP contribution in [0.25, 0.3) is 17.0 Å². The van der Waals surface area contributed by atoms with Crippen LogP contribution in [0.3, 0.4) is 0 Å². The number of nitrogens with one attached hydrogen (secondary N) is 2. The quantitative estimate of drug-likeness (QED) is 0.511. The van der Waals surface area contributed by atoms with Crippen molar-refractivity contribution in [2.75, 3.05) is 0 Å². The molecule has 5 heteroatoms. The number of aromatic nitrogens is 1. The summed E-state index contributed by atoms with van der Waals surface area (Å²) in [6, 6.07) is 14.1. The highest BCUT2D eigenvalue weighted by Crippen LogP contribution is 2.18. The smallest absolute Gasteiger partial charge is 0.271 e. The Morgan fingerprint density at radius 1 is 1.17 bits per heavy atom. The molecule has 1 heterocycles. The molecule has 2 aromatic carbocycles. The van der Waals surface area contributed by atoms with E-state index in [2.05, 4.69) is 15.5 Å². The maximum absolute atomic E-state index is 11.8. The summed E-state index contributed by atoms with van der Waals surface area (Å²) >= 11 is 0. The van der Waals surface area contributed by atoms with Gasteiger partial charge in [-0.25, -0.2) is 5.43 Å². The number of amides is 1. The number of aromatic hydroxyl groups is 1. The number of phenols is 1. The van der Waals surface area contributed by atoms with Gasteiger partial charge in [-0.1, -0.05) is 30.3 Å². The van der Waals surface area contributed by atoms with E-state index in [1.165, 1.54) is 18.3 Å². The first kappa shape index (κ1) is 14.6. The van der Waals surface area contributed by atoms with Gasteiger partial charge in [-0.05, 0) is 35.9 Å². The van der Waals surface area contributed by atoms with Crippen LogP contribution < -0.4 is 5.43 Å². The number of nitrogens with zero attached hydrogens (tertiary/aromatic N) is 1. The highest BCUT2D eigenvalue weighted by molar-refractivity contribution is 5.95. The summed E-state index contributed by atoms with van der Waals surface area (Å²) in [5.41, 5.74) is 4.87. The predicted molar refractivity (Wildman–Crippen MR) is 91.4 cm³/mol. The number of aromatic amines is 1. The molecule has 5 nitrogen and oxygen atoms in total. The molecule has 3 rings (SSSR count). The van der Waals surface area contributed by atoms with Crippen LogP contribution in [-0.2, 0) is 0 Å². The Morgan fingerprint density at radius 2 is 2.04 bits per heavy atom. The molecule has 0 aliphatic carbocycles. The van der Waals surface area contributed by atoms with E-state index in [1.54, 1.807) is 18.2 Å². The van der Waals surface area contributed by atoms with Crippen molar-refractivity contribution >= 4 is 29.1 Å². The number of benzene rings is 2. The first-order valence-corrected chi connectivity index (χ1v) is 7.09. The second-order valence-electron chi connectivity index (χ2n) is 4.92. The average Bonchev–Trinajstić information content (AvgIpc) is 2.98. The first-order valence-electron chi connectivity index (χ1n) is 7.09. The Kier molecular flexibility index (Phi) is 4.20. The number of carbonyl (C=O) groups is 1. The molecule has 0 saturated heterocycles. The van der Waals surface area contributed by atoms with Crippen molar-refractivity contribution in [2.45, 2.75) is 0 Å². The van der Waals surface area contributed by atoms with Crippen LogP contribution in [0.5, 0.6) is 5.75 Å². The number of H-pyrrole nitrogens is 1. The van der Waals surface area contributed by atoms with E-state index in [0.717, 1.165) is 16.5 Å². The molecule has 0 aliphatic rings. The number of allylic oxidation sites excluding steroid dienone is 1. The lowest BCUT2D eigenvalue weighted by Gasteiger charge is -1.99. The van der Waals surface area contributed by atoms with Gasteiger partial charge in [-0.15, -0.1) is 0 Å². The zero-order chi connectivity index (χ0) is 16.1. The molecule has 0 unspecified atom stereocenters. The minimum absolute atomic E-state index is 0.0425. The van der Waals surface area contributed by atoms with E-state index in [9.17, 15) is 9.90 Å². The summed E-state index contributed by atoms with van der Waals surface area (Å²) in [6.45, 7) is 0. The topological polar surface area (TPSA) is 77.5 Å². The largest absolute Gasteiger partial charge is 0.508 e. The molecule has 1 amide bonds. The minimum atomic E-state index is -0.377. The Labute approximate surface area is 133 Å². The van der Waals surface area contributed by atoms with Gasteiger partial charge in [0.15, 0.2) is 0 Å². The molecule has 3 aromatic rings. The van der Waals surface area contributed by atoms with Gasteiger partial charge in [0.1, 0.15) is 5.75 Å². The molecule has 114 valence electrons. The van der Waals surface area contributed by atoms with E-state index >= 15 is 0 Å². The second-order valence-corrected chi connectivity index (χ2v) is 4.92. The first-order chi connectivity index (χ1) is 11.2. The molecule has 23 heavy (non-hydrogen) atoms. The predicted octanol–water partition coefficient (Wildman–Crippen LogP) is 3.30. The fraction of sp³-hybridized carbons (Fsp3) is 0. The standard InChI is InChI=1S/C18H15N3O2/c22-15-7-3-5-13(11-15)18(23)21-20-10-4-6-14-12-19-17-9-2-1-8-16(14)17/h1-12,19,22H,(H,21,23). The highest BCUT2D eigenvalue weighted by atomic mass is 16.3. The number of carbonyl (C=O) groups excluding carboxylic acids is 1. The summed E-state index contributed by atoms with van der Waals surface area (Å²) < 4.78 is 0. The average molecular weight is 305 g/mol. The summed E-state index contributed by atoms with van der Waals surface area (Å²) in [5.74, 6) is -0.335. The molecule has 0 radical (unpaired) electrons. The molecule has 0 saturated carbocycles. The third-order valence-electron chi connectivity index (χ3n) is 3.33. The van der Waals surface area contributed by atoms with E-state index in [1.807, 2.05) is 36.5 Å². The maximum Gasteiger partial charge on any atom is 0.271 e. The summed E-state index contributed by atoms with van der Waals surface area (Å²) in [5, 5.41) is 14.3. The van der Waals surface area contributed by atoms with Gasteiger partial charge in [0.05, 0.1) is 0 Å². The van der Waals surface area contributed by atoms with Gasteiger partial charge in [-0.3, -0.25) is 4.79 Å². The van der Waals surface area contributed by atoms with Crippen molar-refractivity contribution in [1.82, 2.24) is 10.4 Å². The van der Waals surface area contributed by atoms with Gasteiger partial charge in [0.25, 0.3) is 5.91 Å². The van der Waals surface area contributed by atoms with Crippen molar-refractivity contribution in [2.24, 2.45) is 5.10 Å². The van der Waals surface area contributed by atoms with Gasteiger partial charge in [0, 0.05) is 28.9 Å². The second kappa shape index (κ2) is 6.62. The number of phenolic OH excluding ortho intramolecular Hbond substituents is 1. The van der Waals surface area contributed by atoms with Crippen LogP contribution >= 0.6 is 0 Å². The van der Waals surface area contributed by atoms with E-state index in [0.29, 0.717) is 5.56 Å². The number of hydrazone groups is 1. The molecule has 3 N–H and O–H groups in total. The van der Waals surface area contributed by atoms with Crippen molar-refractivity contribution in [3.63, 3.8) is 0 Å². The third-order valence-corrected chi connectivity index (χ3v) is 3.33. The van der Waals surface area contributed by atoms with Crippen molar-refractivity contribution in [3.05, 3.63) is 71.9 Å². The van der Waals surface area contributed by atoms with Crippen LogP contribution in [0.15, 0.2) is 65.9 Å². The lowest BCUT2D eigenvalue weighted by atomic mass is 10.2. The lowest BCUT2D eigenvalue weighted by Crippen LogP contribution is -2.17. The van der Waals surface area contributed by atoms with Crippen molar-refractivity contribution < 1.29 is 9.90 Å². The summed E-state index contributed by atoms with van der Waals surface area (Å²) in [4.78, 5) is 15.0. The third kappa shape index (κ3) is 3.47. The van der Waals surface area contributed by atoms with Crippen LogP contribution in [0.4, 0.5) is 0 Å². The van der Waals surface area contributed by atoms with Crippen LogP contribution in [-0.4, -0.2) is 22.2 Å². The van der Waals surface area contributed by atoms with Crippen LogP contribution in [0.2, 0.25) is 0 Å². The zero-order valence-corrected chi connectivity index (χ0v) is 12.2. The Bertz CT molecular complexity index is 894. The lowest BCUT2D eigenvalue weighted by molar-refractivity contribution is 0.0954. The normalized spacial score (nSPS) is 11.5. The molecule has 1 aromatic heterocycles.